The molecule has 24 heavy (non-hydrogen) atoms. The fraction of sp³-hybridized carbons (Fsp3) is 0.438. The van der Waals surface area contributed by atoms with E-state index in [1.165, 1.54) is 29.2 Å². The van der Waals surface area contributed by atoms with Gasteiger partial charge in [-0.15, -0.1) is 10.2 Å². The molecule has 2 aromatic rings. The van der Waals surface area contributed by atoms with Gasteiger partial charge in [0.15, 0.2) is 15.9 Å². The number of benzene rings is 1. The maximum Gasteiger partial charge on any atom is 0.223 e. The number of likely N-dealkylation sites (N-methyl/N-ethyl adjacent to an activating group) is 1. The van der Waals surface area contributed by atoms with Gasteiger partial charge in [-0.25, -0.2) is 4.39 Å². The third kappa shape index (κ3) is 5.76. The van der Waals surface area contributed by atoms with Crippen LogP contribution in [0.15, 0.2) is 28.6 Å². The van der Waals surface area contributed by atoms with Crippen LogP contribution in [0.25, 0.3) is 0 Å². The second kappa shape index (κ2) is 9.58. The van der Waals surface area contributed by atoms with Crippen LogP contribution in [0.3, 0.4) is 0 Å². The van der Waals surface area contributed by atoms with Crippen molar-refractivity contribution in [3.63, 3.8) is 0 Å². The molecule has 8 heteroatoms. The van der Waals surface area contributed by atoms with Gasteiger partial charge in [-0.3, -0.25) is 4.79 Å². The SMILES string of the molecule is CCN(CCOc1ccccc1F)C(=O)CCSc1nnc(C)s1. The molecule has 0 bridgehead atoms. The highest BCUT2D eigenvalue weighted by molar-refractivity contribution is 8.01. The highest BCUT2D eigenvalue weighted by atomic mass is 32.2. The summed E-state index contributed by atoms with van der Waals surface area (Å²) in [5, 5.41) is 8.89. The number of ether oxygens (including phenoxy) is 1. The summed E-state index contributed by atoms with van der Waals surface area (Å²) in [6.45, 7) is 5.13. The Morgan fingerprint density at radius 2 is 2.17 bits per heavy atom. The summed E-state index contributed by atoms with van der Waals surface area (Å²) in [5.41, 5.74) is 0. The van der Waals surface area contributed by atoms with E-state index in [2.05, 4.69) is 10.2 Å². The van der Waals surface area contributed by atoms with E-state index in [1.807, 2.05) is 13.8 Å². The van der Waals surface area contributed by atoms with Crippen molar-refractivity contribution < 1.29 is 13.9 Å². The maximum atomic E-state index is 13.5. The Labute approximate surface area is 149 Å². The van der Waals surface area contributed by atoms with Gasteiger partial charge >= 0.3 is 0 Å². The van der Waals surface area contributed by atoms with Gasteiger partial charge in [0.1, 0.15) is 11.6 Å². The van der Waals surface area contributed by atoms with E-state index in [-0.39, 0.29) is 18.3 Å². The van der Waals surface area contributed by atoms with Crippen LogP contribution in [0.4, 0.5) is 4.39 Å². The van der Waals surface area contributed by atoms with Crippen LogP contribution >= 0.6 is 23.1 Å². The molecular weight excluding hydrogens is 349 g/mol. The topological polar surface area (TPSA) is 55.3 Å². The van der Waals surface area contributed by atoms with Crippen LogP contribution in [-0.4, -0.2) is 46.5 Å². The Morgan fingerprint density at radius 3 is 2.83 bits per heavy atom. The fourth-order valence-corrected chi connectivity index (χ4v) is 3.82. The molecule has 0 saturated heterocycles. The van der Waals surface area contributed by atoms with Gasteiger partial charge in [-0.1, -0.05) is 35.2 Å². The average Bonchev–Trinajstić information content (AvgIpc) is 2.98. The molecule has 5 nitrogen and oxygen atoms in total. The Balaban J connectivity index is 1.71. The van der Waals surface area contributed by atoms with Crippen LogP contribution in [-0.2, 0) is 4.79 Å². The lowest BCUT2D eigenvalue weighted by atomic mass is 10.3. The average molecular weight is 369 g/mol. The summed E-state index contributed by atoms with van der Waals surface area (Å²) < 4.78 is 19.8. The van der Waals surface area contributed by atoms with E-state index in [9.17, 15) is 9.18 Å². The van der Waals surface area contributed by atoms with E-state index < -0.39 is 5.82 Å². The van der Waals surface area contributed by atoms with Crippen molar-refractivity contribution in [1.29, 1.82) is 0 Å². The number of hydrogen-bond donors (Lipinski definition) is 0. The molecule has 0 aliphatic heterocycles. The molecule has 0 spiro atoms. The standard InChI is InChI=1S/C16H20FN3O2S2/c1-3-20(9-10-22-14-7-5-4-6-13(14)17)15(21)8-11-23-16-19-18-12(2)24-16/h4-7H,3,8-11H2,1-2H3. The van der Waals surface area contributed by atoms with E-state index in [0.29, 0.717) is 25.3 Å². The summed E-state index contributed by atoms with van der Waals surface area (Å²) in [7, 11) is 0. The summed E-state index contributed by atoms with van der Waals surface area (Å²) in [6.07, 6.45) is 0.427. The fourth-order valence-electron chi connectivity index (χ4n) is 2.01. The van der Waals surface area contributed by atoms with Crippen LogP contribution in [0.5, 0.6) is 5.75 Å². The number of carbonyl (C=O) groups excluding carboxylic acids is 1. The first-order valence-corrected chi connectivity index (χ1v) is 9.48. The largest absolute Gasteiger partial charge is 0.489 e. The van der Waals surface area contributed by atoms with Gasteiger partial charge in [-0.05, 0) is 26.0 Å². The molecule has 0 saturated carbocycles. The summed E-state index contributed by atoms with van der Waals surface area (Å²) in [4.78, 5) is 13.9. The third-order valence-electron chi connectivity index (χ3n) is 3.24. The molecule has 0 fully saturated rings. The van der Waals surface area contributed by atoms with E-state index in [1.54, 1.807) is 23.1 Å². The Hall–Kier alpha value is -1.67. The number of hydrogen-bond acceptors (Lipinski definition) is 6. The number of thioether (sulfide) groups is 1. The molecule has 0 N–H and O–H groups in total. The summed E-state index contributed by atoms with van der Waals surface area (Å²) in [5.74, 6) is 0.542. The van der Waals surface area contributed by atoms with E-state index in [4.69, 9.17) is 4.74 Å². The quantitative estimate of drug-likeness (QED) is 0.634. The Kier molecular flexibility index (Phi) is 7.45. The molecule has 0 aliphatic carbocycles. The molecule has 130 valence electrons. The normalized spacial score (nSPS) is 10.6. The molecule has 0 aliphatic rings. The second-order valence-corrected chi connectivity index (χ2v) is 7.46. The number of aromatic nitrogens is 2. The third-order valence-corrected chi connectivity index (χ3v) is 5.21. The zero-order valence-corrected chi connectivity index (χ0v) is 15.3. The lowest BCUT2D eigenvalue weighted by Gasteiger charge is -2.21. The lowest BCUT2D eigenvalue weighted by molar-refractivity contribution is -0.130. The molecule has 1 amide bonds. The van der Waals surface area contributed by atoms with Crippen LogP contribution in [0, 0.1) is 12.7 Å². The van der Waals surface area contributed by atoms with Crippen molar-refractivity contribution in [1.82, 2.24) is 15.1 Å². The maximum absolute atomic E-state index is 13.5. The van der Waals surface area contributed by atoms with E-state index in [0.717, 1.165) is 9.35 Å². The lowest BCUT2D eigenvalue weighted by Crippen LogP contribution is -2.34. The van der Waals surface area contributed by atoms with Crippen LogP contribution in [0.1, 0.15) is 18.4 Å². The summed E-state index contributed by atoms with van der Waals surface area (Å²) >= 11 is 3.06. The Bertz CT molecular complexity index is 666. The molecule has 1 heterocycles. The minimum Gasteiger partial charge on any atom is -0.489 e. The highest BCUT2D eigenvalue weighted by Crippen LogP contribution is 2.22. The van der Waals surface area contributed by atoms with Crippen molar-refractivity contribution in [2.45, 2.75) is 24.6 Å². The number of aryl methyl sites for hydroxylation is 1. The molecule has 0 unspecified atom stereocenters. The second-order valence-electron chi connectivity index (χ2n) is 4.94. The molecule has 1 aromatic carbocycles. The van der Waals surface area contributed by atoms with Crippen molar-refractivity contribution in [2.75, 3.05) is 25.4 Å². The van der Waals surface area contributed by atoms with Crippen molar-refractivity contribution in [3.05, 3.63) is 35.1 Å². The molecular formula is C16H20FN3O2S2. The van der Waals surface area contributed by atoms with E-state index >= 15 is 0 Å². The highest BCUT2D eigenvalue weighted by Gasteiger charge is 2.13. The minimum absolute atomic E-state index is 0.0587. The number of carbonyl (C=O) groups is 1. The zero-order chi connectivity index (χ0) is 17.4. The predicted molar refractivity (Wildman–Crippen MR) is 94.1 cm³/mol. The summed E-state index contributed by atoms with van der Waals surface area (Å²) in [6, 6.07) is 6.26. The predicted octanol–water partition coefficient (Wildman–Crippen LogP) is 3.40. The molecule has 0 atom stereocenters. The van der Waals surface area contributed by atoms with Gasteiger partial charge < -0.3 is 9.64 Å². The number of amides is 1. The first-order valence-electron chi connectivity index (χ1n) is 7.68. The van der Waals surface area contributed by atoms with Gasteiger partial charge in [-0.2, -0.15) is 0 Å². The first-order chi connectivity index (χ1) is 11.6. The smallest absolute Gasteiger partial charge is 0.223 e. The number of rotatable bonds is 9. The Morgan fingerprint density at radius 1 is 1.38 bits per heavy atom. The van der Waals surface area contributed by atoms with Gasteiger partial charge in [0, 0.05) is 18.7 Å². The van der Waals surface area contributed by atoms with Gasteiger partial charge in [0.2, 0.25) is 5.91 Å². The number of nitrogens with zero attached hydrogens (tertiary/aromatic N) is 3. The molecule has 2 rings (SSSR count). The van der Waals surface area contributed by atoms with Crippen LogP contribution < -0.4 is 4.74 Å². The number of halogens is 1. The molecule has 0 radical (unpaired) electrons. The monoisotopic (exact) mass is 369 g/mol. The van der Waals surface area contributed by atoms with Crippen molar-refractivity contribution in [2.24, 2.45) is 0 Å². The van der Waals surface area contributed by atoms with Crippen molar-refractivity contribution in [3.8, 4) is 5.75 Å². The van der Waals surface area contributed by atoms with Crippen molar-refractivity contribution >= 4 is 29.0 Å². The minimum atomic E-state index is -0.393. The van der Waals surface area contributed by atoms with Gasteiger partial charge in [0.05, 0.1) is 6.54 Å². The number of para-hydroxylation sites is 1. The van der Waals surface area contributed by atoms with Gasteiger partial charge in [0.25, 0.3) is 0 Å². The molecule has 1 aromatic heterocycles. The van der Waals surface area contributed by atoms with Crippen LogP contribution in [0.2, 0.25) is 0 Å². The zero-order valence-electron chi connectivity index (χ0n) is 13.7. The first kappa shape index (κ1) is 18.7.